The van der Waals surface area contributed by atoms with Gasteiger partial charge in [-0.1, -0.05) is 36.4 Å². The topological polar surface area (TPSA) is 51.2 Å². The summed E-state index contributed by atoms with van der Waals surface area (Å²) >= 11 is 12.1. The van der Waals surface area contributed by atoms with Gasteiger partial charge in [0.05, 0.1) is 23.6 Å². The molecule has 7 heteroatoms. The van der Waals surface area contributed by atoms with Crippen molar-refractivity contribution < 1.29 is 23.2 Å². The van der Waals surface area contributed by atoms with E-state index in [0.717, 1.165) is 0 Å². The Kier molecular flexibility index (Phi) is 8.27. The minimum atomic E-state index is -0.898. The molecule has 0 N–H and O–H groups in total. The summed E-state index contributed by atoms with van der Waals surface area (Å²) in [6, 6.07) is 11.6. The maximum Gasteiger partial charge on any atom is 0.147 e. The van der Waals surface area contributed by atoms with Gasteiger partial charge in [0.2, 0.25) is 0 Å². The van der Waals surface area contributed by atoms with Gasteiger partial charge in [-0.15, -0.1) is 23.2 Å². The van der Waals surface area contributed by atoms with E-state index in [1.165, 1.54) is 36.4 Å². The molecule has 0 bridgehead atoms. The van der Waals surface area contributed by atoms with Crippen molar-refractivity contribution in [2.75, 3.05) is 0 Å². The molecular formula is C21H18Cl2F2O3. The summed E-state index contributed by atoms with van der Waals surface area (Å²) in [4.78, 5) is 36.0. The smallest absolute Gasteiger partial charge is 0.147 e. The maximum atomic E-state index is 13.7. The Labute approximate surface area is 171 Å². The molecule has 0 aliphatic carbocycles. The van der Waals surface area contributed by atoms with E-state index < -0.39 is 52.6 Å². The predicted octanol–water partition coefficient (Wildman–Crippen LogP) is 5.49. The third-order valence-electron chi connectivity index (χ3n) is 4.09. The molecule has 3 nitrogen and oxygen atoms in total. The number of carbonyl (C=O) groups is 3. The second-order valence-electron chi connectivity index (χ2n) is 6.36. The number of Topliss-reactive ketones (excluding diaryl/α,β-unsaturated/α-hetero) is 3. The first-order chi connectivity index (χ1) is 13.3. The molecule has 0 saturated heterocycles. The second-order valence-corrected chi connectivity index (χ2v) is 7.41. The number of ketones is 3. The molecule has 2 aromatic carbocycles. The summed E-state index contributed by atoms with van der Waals surface area (Å²) in [6.45, 7) is 0. The van der Waals surface area contributed by atoms with Crippen LogP contribution in [0.1, 0.15) is 47.6 Å². The maximum absolute atomic E-state index is 13.7. The van der Waals surface area contributed by atoms with Gasteiger partial charge in [-0.25, -0.2) is 8.78 Å². The Hall–Kier alpha value is -2.11. The van der Waals surface area contributed by atoms with Crippen molar-refractivity contribution in [1.29, 1.82) is 0 Å². The lowest BCUT2D eigenvalue weighted by atomic mass is 9.99. The van der Waals surface area contributed by atoms with E-state index >= 15 is 0 Å². The van der Waals surface area contributed by atoms with Crippen molar-refractivity contribution >= 4 is 40.6 Å². The van der Waals surface area contributed by atoms with Gasteiger partial charge in [-0.3, -0.25) is 14.4 Å². The molecule has 0 aromatic heterocycles. The van der Waals surface area contributed by atoms with Gasteiger partial charge in [0.1, 0.15) is 29.0 Å². The zero-order valence-electron chi connectivity index (χ0n) is 14.8. The van der Waals surface area contributed by atoms with Gasteiger partial charge in [0.25, 0.3) is 0 Å². The third kappa shape index (κ3) is 6.50. The van der Waals surface area contributed by atoms with Gasteiger partial charge >= 0.3 is 0 Å². The van der Waals surface area contributed by atoms with Crippen LogP contribution >= 0.6 is 23.2 Å². The monoisotopic (exact) mass is 426 g/mol. The first-order valence-electron chi connectivity index (χ1n) is 8.60. The fourth-order valence-electron chi connectivity index (χ4n) is 2.72. The fourth-order valence-corrected chi connectivity index (χ4v) is 3.42. The molecule has 2 aromatic rings. The number of hydrogen-bond acceptors (Lipinski definition) is 3. The number of benzene rings is 2. The van der Waals surface area contributed by atoms with Crippen LogP contribution in [0.4, 0.5) is 8.78 Å². The Morgan fingerprint density at radius 2 is 1.04 bits per heavy atom. The largest absolute Gasteiger partial charge is 0.299 e. The van der Waals surface area contributed by atoms with E-state index in [0.29, 0.717) is 0 Å². The Bertz CT molecular complexity index is 801. The van der Waals surface area contributed by atoms with Gasteiger partial charge < -0.3 is 0 Å². The van der Waals surface area contributed by atoms with Crippen molar-refractivity contribution in [1.82, 2.24) is 0 Å². The van der Waals surface area contributed by atoms with Gasteiger partial charge in [-0.05, 0) is 12.1 Å². The molecule has 0 aliphatic rings. The molecule has 0 spiro atoms. The standard InChI is InChI=1S/C21H18Cl2F2O3/c22-18(16-5-1-3-7-20(16)24)11-14(27)9-13(26)10-15(28)12-19(23)17-6-2-4-8-21(17)25/h1-8,18-19H,9-12H2. The number of halogens is 4. The zero-order chi connectivity index (χ0) is 20.7. The van der Waals surface area contributed by atoms with E-state index in [2.05, 4.69) is 0 Å². The van der Waals surface area contributed by atoms with Crippen LogP contribution < -0.4 is 0 Å². The van der Waals surface area contributed by atoms with E-state index in [-0.39, 0.29) is 24.0 Å². The van der Waals surface area contributed by atoms with Crippen LogP contribution in [0.5, 0.6) is 0 Å². The lowest BCUT2D eigenvalue weighted by molar-refractivity contribution is -0.130. The van der Waals surface area contributed by atoms with Crippen LogP contribution in [0.25, 0.3) is 0 Å². The lowest BCUT2D eigenvalue weighted by Crippen LogP contribution is -2.15. The van der Waals surface area contributed by atoms with Gasteiger partial charge in [0, 0.05) is 24.0 Å². The number of hydrogen-bond donors (Lipinski definition) is 0. The molecule has 0 fully saturated rings. The average molecular weight is 427 g/mol. The van der Waals surface area contributed by atoms with Crippen molar-refractivity contribution in [3.63, 3.8) is 0 Å². The highest BCUT2D eigenvalue weighted by molar-refractivity contribution is 6.23. The molecule has 148 valence electrons. The molecule has 0 heterocycles. The predicted molar refractivity (Wildman–Crippen MR) is 103 cm³/mol. The van der Waals surface area contributed by atoms with Gasteiger partial charge in [0.15, 0.2) is 0 Å². The fraction of sp³-hybridized carbons (Fsp3) is 0.286. The third-order valence-corrected chi connectivity index (χ3v) is 4.87. The SMILES string of the molecule is O=C(CC(=O)CC(Cl)c1ccccc1F)CC(=O)CC(Cl)c1ccccc1F. The highest BCUT2D eigenvalue weighted by Gasteiger charge is 2.22. The summed E-state index contributed by atoms with van der Waals surface area (Å²) < 4.78 is 27.3. The van der Waals surface area contributed by atoms with E-state index in [4.69, 9.17) is 23.2 Å². The molecule has 0 amide bonds. The van der Waals surface area contributed by atoms with E-state index in [1.54, 1.807) is 12.1 Å². The van der Waals surface area contributed by atoms with Crippen LogP contribution in [0.2, 0.25) is 0 Å². The molecule has 2 rings (SSSR count). The van der Waals surface area contributed by atoms with Crippen molar-refractivity contribution in [3.05, 3.63) is 71.3 Å². The lowest BCUT2D eigenvalue weighted by Gasteiger charge is -2.11. The van der Waals surface area contributed by atoms with Crippen LogP contribution in [0, 0.1) is 11.6 Å². The molecule has 0 aliphatic heterocycles. The van der Waals surface area contributed by atoms with Crippen LogP contribution in [-0.2, 0) is 14.4 Å². The number of alkyl halides is 2. The van der Waals surface area contributed by atoms with Crippen LogP contribution in [-0.4, -0.2) is 17.3 Å². The van der Waals surface area contributed by atoms with E-state index in [9.17, 15) is 23.2 Å². The van der Waals surface area contributed by atoms with Crippen LogP contribution in [0.3, 0.4) is 0 Å². The molecule has 2 unspecified atom stereocenters. The first-order valence-corrected chi connectivity index (χ1v) is 9.47. The Morgan fingerprint density at radius 3 is 1.39 bits per heavy atom. The summed E-state index contributed by atoms with van der Waals surface area (Å²) in [7, 11) is 0. The minimum absolute atomic E-state index is 0.177. The molecule has 2 atom stereocenters. The minimum Gasteiger partial charge on any atom is -0.299 e. The number of carbonyl (C=O) groups excluding carboxylic acids is 3. The Balaban J connectivity index is 1.82. The molecular weight excluding hydrogens is 409 g/mol. The first kappa shape index (κ1) is 22.2. The molecule has 28 heavy (non-hydrogen) atoms. The quantitative estimate of drug-likeness (QED) is 0.372. The van der Waals surface area contributed by atoms with Crippen molar-refractivity contribution in [2.45, 2.75) is 36.4 Å². The summed E-state index contributed by atoms with van der Waals surface area (Å²) in [6.07, 6.45) is -1.41. The normalized spacial score (nSPS) is 13.0. The second kappa shape index (κ2) is 10.4. The summed E-state index contributed by atoms with van der Waals surface area (Å²) in [5.41, 5.74) is 0.354. The highest BCUT2D eigenvalue weighted by atomic mass is 35.5. The molecule has 0 radical (unpaired) electrons. The van der Waals surface area contributed by atoms with Gasteiger partial charge in [-0.2, -0.15) is 0 Å². The van der Waals surface area contributed by atoms with E-state index in [1.807, 2.05) is 0 Å². The summed E-state index contributed by atoms with van der Waals surface area (Å²) in [5, 5.41) is -1.80. The van der Waals surface area contributed by atoms with Crippen molar-refractivity contribution in [3.8, 4) is 0 Å². The average Bonchev–Trinajstić information content (AvgIpc) is 2.61. The summed E-state index contributed by atoms with van der Waals surface area (Å²) in [5.74, 6) is -2.61. The van der Waals surface area contributed by atoms with Crippen molar-refractivity contribution in [2.24, 2.45) is 0 Å². The molecule has 0 saturated carbocycles. The van der Waals surface area contributed by atoms with Crippen LogP contribution in [0.15, 0.2) is 48.5 Å². The number of rotatable bonds is 10. The highest BCUT2D eigenvalue weighted by Crippen LogP contribution is 2.28. The Morgan fingerprint density at radius 1 is 0.679 bits per heavy atom. The zero-order valence-corrected chi connectivity index (χ0v) is 16.4.